The Morgan fingerprint density at radius 1 is 1.50 bits per heavy atom. The van der Waals surface area contributed by atoms with E-state index in [2.05, 4.69) is 22.4 Å². The maximum Gasteiger partial charge on any atom is 0.240 e. The van der Waals surface area contributed by atoms with E-state index in [1.165, 1.54) is 0 Å². The molecule has 1 fully saturated rings. The maximum absolute atomic E-state index is 5.53. The summed E-state index contributed by atoms with van der Waals surface area (Å²) in [5.74, 6) is 1.43. The summed E-state index contributed by atoms with van der Waals surface area (Å²) >= 11 is 0. The van der Waals surface area contributed by atoms with Crippen LogP contribution in [0.5, 0.6) is 0 Å². The van der Waals surface area contributed by atoms with Crippen LogP contribution in [0.1, 0.15) is 37.9 Å². The van der Waals surface area contributed by atoms with E-state index in [0.717, 1.165) is 44.7 Å². The first-order valence-corrected chi connectivity index (χ1v) is 6.02. The number of ether oxygens (including phenoxy) is 1. The van der Waals surface area contributed by atoms with Gasteiger partial charge in [-0.3, -0.25) is 0 Å². The van der Waals surface area contributed by atoms with Crippen LogP contribution < -0.4 is 5.32 Å². The van der Waals surface area contributed by atoms with Crippen LogP contribution in [-0.2, 0) is 17.7 Å². The number of rotatable bonds is 6. The Morgan fingerprint density at radius 3 is 3.19 bits per heavy atom. The summed E-state index contributed by atoms with van der Waals surface area (Å²) in [6.07, 6.45) is 4.42. The highest BCUT2D eigenvalue weighted by atomic mass is 16.5. The van der Waals surface area contributed by atoms with E-state index >= 15 is 0 Å². The maximum atomic E-state index is 5.53. The summed E-state index contributed by atoms with van der Waals surface area (Å²) in [6.45, 7) is 4.63. The van der Waals surface area contributed by atoms with Gasteiger partial charge in [0.05, 0.1) is 12.6 Å². The van der Waals surface area contributed by atoms with Gasteiger partial charge >= 0.3 is 0 Å². The Balaban J connectivity index is 1.77. The van der Waals surface area contributed by atoms with Crippen molar-refractivity contribution in [3.8, 4) is 0 Å². The zero-order valence-electron chi connectivity index (χ0n) is 9.74. The van der Waals surface area contributed by atoms with E-state index in [1.54, 1.807) is 0 Å². The van der Waals surface area contributed by atoms with Crippen LogP contribution >= 0.6 is 0 Å². The van der Waals surface area contributed by atoms with Gasteiger partial charge in [0.2, 0.25) is 5.89 Å². The molecule has 0 amide bonds. The van der Waals surface area contributed by atoms with Crippen molar-refractivity contribution < 1.29 is 9.26 Å². The van der Waals surface area contributed by atoms with E-state index in [9.17, 15) is 0 Å². The van der Waals surface area contributed by atoms with Crippen molar-refractivity contribution >= 4 is 0 Å². The third-order valence-corrected chi connectivity index (χ3v) is 2.65. The van der Waals surface area contributed by atoms with Crippen LogP contribution in [0.15, 0.2) is 4.52 Å². The quantitative estimate of drug-likeness (QED) is 0.739. The van der Waals surface area contributed by atoms with Gasteiger partial charge in [-0.2, -0.15) is 4.98 Å². The first-order valence-electron chi connectivity index (χ1n) is 6.02. The third kappa shape index (κ3) is 3.28. The summed E-state index contributed by atoms with van der Waals surface area (Å²) in [7, 11) is 0. The minimum absolute atomic E-state index is 0.286. The molecular weight excluding hydrogens is 206 g/mol. The molecule has 1 aromatic heterocycles. The second-order valence-electron chi connectivity index (χ2n) is 4.12. The summed E-state index contributed by atoms with van der Waals surface area (Å²) in [5.41, 5.74) is 0. The fourth-order valence-electron chi connectivity index (χ4n) is 1.83. The molecule has 5 heteroatoms. The zero-order chi connectivity index (χ0) is 11.2. The van der Waals surface area contributed by atoms with Crippen molar-refractivity contribution in [2.45, 2.75) is 45.3 Å². The van der Waals surface area contributed by atoms with Gasteiger partial charge in [-0.25, -0.2) is 0 Å². The van der Waals surface area contributed by atoms with Crippen molar-refractivity contribution in [3.63, 3.8) is 0 Å². The molecule has 1 unspecified atom stereocenters. The molecule has 1 atom stereocenters. The molecule has 90 valence electrons. The molecule has 1 N–H and O–H groups in total. The summed E-state index contributed by atoms with van der Waals surface area (Å²) in [4.78, 5) is 4.33. The highest BCUT2D eigenvalue weighted by Crippen LogP contribution is 2.15. The van der Waals surface area contributed by atoms with E-state index in [0.29, 0.717) is 12.4 Å². The zero-order valence-corrected chi connectivity index (χ0v) is 9.74. The molecule has 5 nitrogen and oxygen atoms in total. The number of nitrogens with one attached hydrogen (secondary N) is 1. The lowest BCUT2D eigenvalue weighted by molar-refractivity contribution is 0.109. The largest absolute Gasteiger partial charge is 0.378 e. The first kappa shape index (κ1) is 11.5. The van der Waals surface area contributed by atoms with Gasteiger partial charge in [0.25, 0.3) is 0 Å². The van der Waals surface area contributed by atoms with E-state index < -0.39 is 0 Å². The van der Waals surface area contributed by atoms with Crippen molar-refractivity contribution in [2.24, 2.45) is 0 Å². The predicted octanol–water partition coefficient (Wildman–Crippen LogP) is 1.29. The minimum Gasteiger partial charge on any atom is -0.378 e. The van der Waals surface area contributed by atoms with Crippen LogP contribution in [0.2, 0.25) is 0 Å². The lowest BCUT2D eigenvalue weighted by Crippen LogP contribution is -2.14. The number of hydrogen-bond acceptors (Lipinski definition) is 5. The molecule has 1 aromatic rings. The van der Waals surface area contributed by atoms with Crippen LogP contribution in [0, 0.1) is 0 Å². The summed E-state index contributed by atoms with van der Waals surface area (Å²) in [5, 5.41) is 7.18. The fourth-order valence-corrected chi connectivity index (χ4v) is 1.83. The van der Waals surface area contributed by atoms with Gasteiger partial charge in [-0.05, 0) is 25.8 Å². The molecule has 0 bridgehead atoms. The average Bonchev–Trinajstić information content (AvgIpc) is 2.91. The average molecular weight is 225 g/mol. The van der Waals surface area contributed by atoms with E-state index in [-0.39, 0.29) is 6.10 Å². The molecule has 16 heavy (non-hydrogen) atoms. The normalized spacial score (nSPS) is 20.4. The molecule has 0 aliphatic carbocycles. The molecular formula is C11H19N3O2. The summed E-state index contributed by atoms with van der Waals surface area (Å²) < 4.78 is 10.7. The Kier molecular flexibility index (Phi) is 4.30. The molecule has 1 saturated heterocycles. The highest BCUT2D eigenvalue weighted by Gasteiger charge is 2.18. The van der Waals surface area contributed by atoms with Crippen molar-refractivity contribution in [1.82, 2.24) is 15.5 Å². The lowest BCUT2D eigenvalue weighted by Gasteiger charge is -2.03. The van der Waals surface area contributed by atoms with Gasteiger partial charge in [0, 0.05) is 13.0 Å². The van der Waals surface area contributed by atoms with Crippen molar-refractivity contribution in [3.05, 3.63) is 11.7 Å². The van der Waals surface area contributed by atoms with Gasteiger partial charge in [0.1, 0.15) is 0 Å². The van der Waals surface area contributed by atoms with Crippen LogP contribution in [0.4, 0.5) is 0 Å². The van der Waals surface area contributed by atoms with Gasteiger partial charge < -0.3 is 14.6 Å². The Labute approximate surface area is 95.6 Å². The third-order valence-electron chi connectivity index (χ3n) is 2.65. The highest BCUT2D eigenvalue weighted by molar-refractivity contribution is 4.89. The molecule has 0 aromatic carbocycles. The number of nitrogens with zero attached hydrogens (tertiary/aromatic N) is 2. The number of hydrogen-bond donors (Lipinski definition) is 1. The van der Waals surface area contributed by atoms with Crippen LogP contribution in [0.25, 0.3) is 0 Å². The molecule has 1 aliphatic heterocycles. The van der Waals surface area contributed by atoms with Crippen LogP contribution in [0.3, 0.4) is 0 Å². The standard InChI is InChI=1S/C11H19N3O2/c1-2-5-12-8-11-13-10(14-16-11)7-9-4-3-6-15-9/h9,12H,2-8H2,1H3. The molecule has 2 rings (SSSR count). The van der Waals surface area contributed by atoms with Gasteiger partial charge in [-0.1, -0.05) is 12.1 Å². The SMILES string of the molecule is CCCNCc1nc(CC2CCCO2)no1. The lowest BCUT2D eigenvalue weighted by atomic mass is 10.2. The molecule has 0 spiro atoms. The van der Waals surface area contributed by atoms with Crippen LogP contribution in [-0.4, -0.2) is 29.4 Å². The van der Waals surface area contributed by atoms with Gasteiger partial charge in [-0.15, -0.1) is 0 Å². The smallest absolute Gasteiger partial charge is 0.240 e. The Morgan fingerprint density at radius 2 is 2.44 bits per heavy atom. The molecule has 1 aliphatic rings. The second-order valence-corrected chi connectivity index (χ2v) is 4.12. The Hall–Kier alpha value is -0.940. The fraction of sp³-hybridized carbons (Fsp3) is 0.818. The van der Waals surface area contributed by atoms with Crippen molar-refractivity contribution in [2.75, 3.05) is 13.2 Å². The van der Waals surface area contributed by atoms with E-state index in [4.69, 9.17) is 9.26 Å². The molecule has 0 saturated carbocycles. The Bertz CT molecular complexity index is 308. The van der Waals surface area contributed by atoms with E-state index in [1.807, 2.05) is 0 Å². The molecule has 2 heterocycles. The summed E-state index contributed by atoms with van der Waals surface area (Å²) in [6, 6.07) is 0. The first-order chi connectivity index (χ1) is 7.88. The number of aromatic nitrogens is 2. The predicted molar refractivity (Wildman–Crippen MR) is 59.0 cm³/mol. The van der Waals surface area contributed by atoms with Gasteiger partial charge in [0.15, 0.2) is 5.82 Å². The minimum atomic E-state index is 0.286. The van der Waals surface area contributed by atoms with Crippen molar-refractivity contribution in [1.29, 1.82) is 0 Å². The topological polar surface area (TPSA) is 60.2 Å². The molecule has 0 radical (unpaired) electrons. The second kappa shape index (κ2) is 5.96. The monoisotopic (exact) mass is 225 g/mol.